The highest BCUT2D eigenvalue weighted by molar-refractivity contribution is 7.99. The van der Waals surface area contributed by atoms with Crippen molar-refractivity contribution >= 4 is 30.1 Å². The number of halogens is 2. The fourth-order valence-electron chi connectivity index (χ4n) is 2.55. The van der Waals surface area contributed by atoms with Gasteiger partial charge in [0, 0.05) is 42.1 Å². The van der Waals surface area contributed by atoms with Crippen molar-refractivity contribution in [2.75, 3.05) is 32.3 Å². The van der Waals surface area contributed by atoms with E-state index in [4.69, 9.17) is 9.47 Å². The van der Waals surface area contributed by atoms with Crippen LogP contribution in [0.4, 0.5) is 4.39 Å². The SMILES string of the molecule is COc1cc(F)c(C(C)NC(=O)CC2CSCCN2)cc1OC.Cl. The van der Waals surface area contributed by atoms with Crippen LogP contribution in [0.3, 0.4) is 0 Å². The van der Waals surface area contributed by atoms with Crippen LogP contribution in [0.2, 0.25) is 0 Å². The summed E-state index contributed by atoms with van der Waals surface area (Å²) in [5, 5.41) is 6.16. The molecule has 1 aliphatic heterocycles. The molecule has 1 fully saturated rings. The number of rotatable bonds is 6. The molecule has 2 unspecified atom stereocenters. The van der Waals surface area contributed by atoms with Crippen molar-refractivity contribution in [3.8, 4) is 11.5 Å². The Morgan fingerprint density at radius 3 is 2.67 bits per heavy atom. The Labute approximate surface area is 152 Å². The third-order valence-electron chi connectivity index (χ3n) is 3.78. The summed E-state index contributed by atoms with van der Waals surface area (Å²) in [6, 6.07) is 2.57. The Morgan fingerprint density at radius 2 is 2.08 bits per heavy atom. The number of methoxy groups -OCH3 is 2. The Bertz CT molecular complexity index is 556. The molecule has 1 amide bonds. The van der Waals surface area contributed by atoms with Crippen molar-refractivity contribution in [3.05, 3.63) is 23.5 Å². The summed E-state index contributed by atoms with van der Waals surface area (Å²) in [4.78, 5) is 12.1. The fourth-order valence-corrected chi connectivity index (χ4v) is 3.50. The lowest BCUT2D eigenvalue weighted by molar-refractivity contribution is -0.122. The lowest BCUT2D eigenvalue weighted by Gasteiger charge is -2.24. The predicted molar refractivity (Wildman–Crippen MR) is 97.0 cm³/mol. The standard InChI is InChI=1S/C16H23FN2O3S.ClH/c1-10(19-16(20)6-11-9-23-5-4-18-11)12-7-14(21-2)15(22-3)8-13(12)17;/h7-8,10-11,18H,4-6,9H2,1-3H3,(H,19,20);1H. The summed E-state index contributed by atoms with van der Waals surface area (Å²) in [6.45, 7) is 2.67. The Kier molecular flexibility index (Phi) is 8.66. The topological polar surface area (TPSA) is 59.6 Å². The van der Waals surface area contributed by atoms with E-state index in [-0.39, 0.29) is 24.4 Å². The number of hydrogen-bond acceptors (Lipinski definition) is 5. The zero-order chi connectivity index (χ0) is 16.8. The highest BCUT2D eigenvalue weighted by Gasteiger charge is 2.21. The van der Waals surface area contributed by atoms with E-state index >= 15 is 0 Å². The van der Waals surface area contributed by atoms with Crippen molar-refractivity contribution in [1.29, 1.82) is 0 Å². The summed E-state index contributed by atoms with van der Waals surface area (Å²) in [7, 11) is 2.95. The van der Waals surface area contributed by atoms with Crippen LogP contribution in [0.1, 0.15) is 24.9 Å². The lowest BCUT2D eigenvalue weighted by atomic mass is 10.1. The van der Waals surface area contributed by atoms with Gasteiger partial charge in [0.05, 0.1) is 20.3 Å². The molecule has 1 saturated heterocycles. The molecule has 1 heterocycles. The minimum Gasteiger partial charge on any atom is -0.493 e. The van der Waals surface area contributed by atoms with Gasteiger partial charge >= 0.3 is 0 Å². The first-order valence-electron chi connectivity index (χ1n) is 7.57. The molecule has 136 valence electrons. The molecule has 1 aromatic rings. The van der Waals surface area contributed by atoms with Gasteiger partial charge in [-0.1, -0.05) is 0 Å². The van der Waals surface area contributed by atoms with Gasteiger partial charge in [0.2, 0.25) is 5.91 Å². The monoisotopic (exact) mass is 378 g/mol. The number of benzene rings is 1. The van der Waals surface area contributed by atoms with Gasteiger partial charge in [-0.25, -0.2) is 4.39 Å². The summed E-state index contributed by atoms with van der Waals surface area (Å²) >= 11 is 1.84. The van der Waals surface area contributed by atoms with Gasteiger partial charge in [0.15, 0.2) is 11.5 Å². The highest BCUT2D eigenvalue weighted by Crippen LogP contribution is 2.32. The van der Waals surface area contributed by atoms with Crippen molar-refractivity contribution < 1.29 is 18.7 Å². The summed E-state index contributed by atoms with van der Waals surface area (Å²) in [5.74, 6) is 2.25. The van der Waals surface area contributed by atoms with Crippen LogP contribution in [0.25, 0.3) is 0 Å². The van der Waals surface area contributed by atoms with Crippen LogP contribution in [0, 0.1) is 5.82 Å². The van der Waals surface area contributed by atoms with Crippen LogP contribution in [-0.2, 0) is 4.79 Å². The van der Waals surface area contributed by atoms with E-state index in [2.05, 4.69) is 10.6 Å². The number of carbonyl (C=O) groups is 1. The number of amides is 1. The largest absolute Gasteiger partial charge is 0.493 e. The zero-order valence-electron chi connectivity index (χ0n) is 14.1. The highest BCUT2D eigenvalue weighted by atomic mass is 35.5. The molecular formula is C16H24ClFN2O3S. The normalized spacial score (nSPS) is 18.2. The van der Waals surface area contributed by atoms with E-state index < -0.39 is 11.9 Å². The molecule has 0 aliphatic carbocycles. The van der Waals surface area contributed by atoms with Gasteiger partial charge < -0.3 is 20.1 Å². The quantitative estimate of drug-likeness (QED) is 0.796. The fraction of sp³-hybridized carbons (Fsp3) is 0.562. The van der Waals surface area contributed by atoms with Gasteiger partial charge in [-0.05, 0) is 13.0 Å². The Hall–Kier alpha value is -1.18. The van der Waals surface area contributed by atoms with Crippen molar-refractivity contribution in [2.24, 2.45) is 0 Å². The van der Waals surface area contributed by atoms with E-state index in [1.165, 1.54) is 20.3 Å². The summed E-state index contributed by atoms with van der Waals surface area (Å²) in [6.07, 6.45) is 0.395. The lowest BCUT2D eigenvalue weighted by Crippen LogP contribution is -2.41. The maximum absolute atomic E-state index is 14.2. The maximum Gasteiger partial charge on any atom is 0.222 e. The second-order valence-corrected chi connectivity index (χ2v) is 6.60. The van der Waals surface area contributed by atoms with E-state index in [0.29, 0.717) is 23.5 Å². The zero-order valence-corrected chi connectivity index (χ0v) is 15.7. The molecule has 8 heteroatoms. The van der Waals surface area contributed by atoms with Crippen LogP contribution >= 0.6 is 24.2 Å². The maximum atomic E-state index is 14.2. The van der Waals surface area contributed by atoms with E-state index in [1.807, 2.05) is 11.8 Å². The average Bonchev–Trinajstić information content (AvgIpc) is 2.55. The van der Waals surface area contributed by atoms with Crippen molar-refractivity contribution in [3.63, 3.8) is 0 Å². The van der Waals surface area contributed by atoms with Gasteiger partial charge in [0.25, 0.3) is 0 Å². The first-order chi connectivity index (χ1) is 11.0. The van der Waals surface area contributed by atoms with E-state index in [1.54, 1.807) is 13.0 Å². The molecule has 2 atom stereocenters. The summed E-state index contributed by atoms with van der Waals surface area (Å²) < 4.78 is 24.5. The number of ether oxygens (including phenoxy) is 2. The second kappa shape index (κ2) is 9.96. The molecular weight excluding hydrogens is 355 g/mol. The molecule has 5 nitrogen and oxygen atoms in total. The molecule has 0 aromatic heterocycles. The molecule has 1 aliphatic rings. The smallest absolute Gasteiger partial charge is 0.222 e. The minimum atomic E-state index is -0.446. The van der Waals surface area contributed by atoms with Gasteiger partial charge in [-0.2, -0.15) is 11.8 Å². The predicted octanol–water partition coefficient (Wildman–Crippen LogP) is 2.54. The van der Waals surface area contributed by atoms with Crippen LogP contribution in [-0.4, -0.2) is 44.2 Å². The van der Waals surface area contributed by atoms with Crippen LogP contribution in [0.15, 0.2) is 12.1 Å². The van der Waals surface area contributed by atoms with Gasteiger partial charge in [-0.3, -0.25) is 4.79 Å². The van der Waals surface area contributed by atoms with Gasteiger partial charge in [-0.15, -0.1) is 12.4 Å². The molecule has 2 N–H and O–H groups in total. The first-order valence-corrected chi connectivity index (χ1v) is 8.72. The molecule has 2 rings (SSSR count). The summed E-state index contributed by atoms with van der Waals surface area (Å²) in [5.41, 5.74) is 0.377. The third kappa shape index (κ3) is 5.43. The Balaban J connectivity index is 0.00000288. The average molecular weight is 379 g/mol. The Morgan fingerprint density at radius 1 is 1.42 bits per heavy atom. The van der Waals surface area contributed by atoms with Crippen molar-refractivity contribution in [1.82, 2.24) is 10.6 Å². The van der Waals surface area contributed by atoms with Gasteiger partial charge in [0.1, 0.15) is 5.82 Å². The minimum absolute atomic E-state index is 0. The van der Waals surface area contributed by atoms with Crippen LogP contribution in [0.5, 0.6) is 11.5 Å². The molecule has 0 radical (unpaired) electrons. The molecule has 0 saturated carbocycles. The third-order valence-corrected chi connectivity index (χ3v) is 4.91. The van der Waals surface area contributed by atoms with E-state index in [9.17, 15) is 9.18 Å². The number of thioether (sulfide) groups is 1. The van der Waals surface area contributed by atoms with Crippen molar-refractivity contribution in [2.45, 2.75) is 25.4 Å². The first kappa shape index (κ1) is 20.9. The second-order valence-electron chi connectivity index (χ2n) is 5.45. The molecule has 0 spiro atoms. The number of carbonyl (C=O) groups excluding carboxylic acids is 1. The molecule has 24 heavy (non-hydrogen) atoms. The van der Waals surface area contributed by atoms with Crippen LogP contribution < -0.4 is 20.1 Å². The number of nitrogens with one attached hydrogen (secondary N) is 2. The number of hydrogen-bond donors (Lipinski definition) is 2. The van der Waals surface area contributed by atoms with E-state index in [0.717, 1.165) is 18.1 Å². The molecule has 1 aromatic carbocycles. The molecule has 0 bridgehead atoms.